The molecule has 0 radical (unpaired) electrons. The molecule has 3 rings (SSSR count). The molecule has 2 nitrogen and oxygen atoms in total. The first-order chi connectivity index (χ1) is 7.33. The Kier molecular flexibility index (Phi) is 4.21. The zero-order valence-electron chi connectivity index (χ0n) is 9.52. The lowest BCUT2D eigenvalue weighted by Crippen LogP contribution is -3.00. The zero-order valence-corrected chi connectivity index (χ0v) is 11.1. The third-order valence-corrected chi connectivity index (χ3v) is 2.75. The maximum absolute atomic E-state index is 2.22. The van der Waals surface area contributed by atoms with Crippen LogP contribution in [-0.2, 0) is 0 Å². The standard InChI is InChI=1S/C14H12N.BrH.H2O/c1-11-5-6-12-10-15-7-3-2-4-14(15)9-13(12)8-11;;/h2-10H,1H3;1H;1H2/q+1;;/p-1. The zero-order chi connectivity index (χ0) is 10.3. The van der Waals surface area contributed by atoms with Crippen LogP contribution in [0.4, 0.5) is 0 Å². The van der Waals surface area contributed by atoms with Crippen LogP contribution in [0.1, 0.15) is 5.56 Å². The van der Waals surface area contributed by atoms with Crippen molar-refractivity contribution in [2.45, 2.75) is 6.92 Å². The van der Waals surface area contributed by atoms with Crippen molar-refractivity contribution in [3.63, 3.8) is 0 Å². The monoisotopic (exact) mass is 291 g/mol. The van der Waals surface area contributed by atoms with Crippen LogP contribution in [0, 0.1) is 6.92 Å². The molecule has 3 aromatic rings. The van der Waals surface area contributed by atoms with E-state index in [0.29, 0.717) is 0 Å². The van der Waals surface area contributed by atoms with Crippen molar-refractivity contribution < 1.29 is 26.9 Å². The van der Waals surface area contributed by atoms with Gasteiger partial charge in [0.15, 0.2) is 12.4 Å². The Labute approximate surface area is 111 Å². The molecular weight excluding hydrogens is 278 g/mol. The lowest BCUT2D eigenvalue weighted by atomic mass is 10.1. The minimum absolute atomic E-state index is 0. The molecule has 0 unspecified atom stereocenters. The van der Waals surface area contributed by atoms with Crippen LogP contribution in [0.15, 0.2) is 54.9 Å². The molecule has 0 aliphatic carbocycles. The van der Waals surface area contributed by atoms with Gasteiger partial charge in [0, 0.05) is 23.6 Å². The first-order valence-electron chi connectivity index (χ1n) is 5.13. The van der Waals surface area contributed by atoms with Gasteiger partial charge in [-0.3, -0.25) is 0 Å². The van der Waals surface area contributed by atoms with Crippen molar-refractivity contribution >= 4 is 16.3 Å². The van der Waals surface area contributed by atoms with Crippen LogP contribution in [0.25, 0.3) is 16.3 Å². The minimum Gasteiger partial charge on any atom is -1.00 e. The van der Waals surface area contributed by atoms with Crippen LogP contribution in [0.2, 0.25) is 0 Å². The maximum Gasteiger partial charge on any atom is 0.211 e. The van der Waals surface area contributed by atoms with Crippen molar-refractivity contribution in [3.05, 3.63) is 60.4 Å². The molecule has 2 aromatic heterocycles. The number of hydrogen-bond acceptors (Lipinski definition) is 0. The number of benzene rings is 1. The summed E-state index contributed by atoms with van der Waals surface area (Å²) in [5.74, 6) is 0. The first kappa shape index (κ1) is 13.6. The van der Waals surface area contributed by atoms with E-state index in [4.69, 9.17) is 0 Å². The van der Waals surface area contributed by atoms with Crippen molar-refractivity contribution in [2.75, 3.05) is 0 Å². The summed E-state index contributed by atoms with van der Waals surface area (Å²) in [6, 6.07) is 15.0. The quantitative estimate of drug-likeness (QED) is 0.379. The molecule has 88 valence electrons. The predicted octanol–water partition coefficient (Wildman–Crippen LogP) is -0.934. The highest BCUT2D eigenvalue weighted by Gasteiger charge is 2.03. The Bertz CT molecular complexity index is 652. The molecule has 0 atom stereocenters. The van der Waals surface area contributed by atoms with Crippen LogP contribution < -0.4 is 21.4 Å². The predicted molar refractivity (Wildman–Crippen MR) is 65.5 cm³/mol. The number of nitrogens with zero attached hydrogens (tertiary/aromatic N) is 1. The summed E-state index contributed by atoms with van der Waals surface area (Å²) < 4.78 is 2.15. The number of aromatic nitrogens is 1. The fraction of sp³-hybridized carbons (Fsp3) is 0.0714. The SMILES string of the molecule is Cc1ccc2c[n+]3ccccc3cc2c1.O.[Br-]. The average molecular weight is 292 g/mol. The highest BCUT2D eigenvalue weighted by Crippen LogP contribution is 2.15. The van der Waals surface area contributed by atoms with Crippen molar-refractivity contribution in [1.82, 2.24) is 0 Å². The van der Waals surface area contributed by atoms with Crippen LogP contribution in [-0.4, -0.2) is 5.48 Å². The molecule has 17 heavy (non-hydrogen) atoms. The van der Waals surface area contributed by atoms with E-state index < -0.39 is 0 Å². The lowest BCUT2D eigenvalue weighted by molar-refractivity contribution is -0.510. The highest BCUT2D eigenvalue weighted by molar-refractivity contribution is 5.84. The molecule has 0 spiro atoms. The van der Waals surface area contributed by atoms with Gasteiger partial charge in [-0.25, -0.2) is 0 Å². The van der Waals surface area contributed by atoms with Gasteiger partial charge in [0.05, 0.1) is 0 Å². The Morgan fingerprint density at radius 2 is 1.76 bits per heavy atom. The minimum atomic E-state index is 0. The molecule has 0 amide bonds. The van der Waals surface area contributed by atoms with E-state index in [-0.39, 0.29) is 22.5 Å². The second kappa shape index (κ2) is 5.25. The fourth-order valence-electron chi connectivity index (χ4n) is 1.95. The van der Waals surface area contributed by atoms with Gasteiger partial charge in [0.25, 0.3) is 0 Å². The third-order valence-electron chi connectivity index (χ3n) is 2.75. The first-order valence-corrected chi connectivity index (χ1v) is 5.13. The summed E-state index contributed by atoms with van der Waals surface area (Å²) in [7, 11) is 0. The van der Waals surface area contributed by atoms with Crippen molar-refractivity contribution in [2.24, 2.45) is 0 Å². The third kappa shape index (κ3) is 2.46. The van der Waals surface area contributed by atoms with Crippen LogP contribution >= 0.6 is 0 Å². The van der Waals surface area contributed by atoms with E-state index >= 15 is 0 Å². The highest BCUT2D eigenvalue weighted by atomic mass is 79.9. The number of pyridine rings is 2. The normalized spacial score (nSPS) is 9.71. The topological polar surface area (TPSA) is 35.6 Å². The second-order valence-corrected chi connectivity index (χ2v) is 3.94. The van der Waals surface area contributed by atoms with Gasteiger partial charge in [-0.05, 0) is 24.4 Å². The number of hydrogen-bond donors (Lipinski definition) is 0. The molecule has 0 saturated heterocycles. The summed E-state index contributed by atoms with van der Waals surface area (Å²) in [5, 5.41) is 2.59. The molecule has 0 aliphatic heterocycles. The molecule has 2 heterocycles. The lowest BCUT2D eigenvalue weighted by Gasteiger charge is -1.98. The smallest absolute Gasteiger partial charge is 0.211 e. The molecule has 0 aliphatic rings. The number of aryl methyl sites for hydroxylation is 1. The van der Waals surface area contributed by atoms with Crippen LogP contribution in [0.5, 0.6) is 0 Å². The van der Waals surface area contributed by atoms with E-state index in [0.717, 1.165) is 0 Å². The van der Waals surface area contributed by atoms with E-state index in [2.05, 4.69) is 60.1 Å². The number of halogens is 1. The summed E-state index contributed by atoms with van der Waals surface area (Å²) >= 11 is 0. The second-order valence-electron chi connectivity index (χ2n) is 3.94. The van der Waals surface area contributed by atoms with E-state index in [1.54, 1.807) is 0 Å². The van der Waals surface area contributed by atoms with Gasteiger partial charge in [-0.1, -0.05) is 17.7 Å². The molecular formula is C14H14BrNO. The number of rotatable bonds is 0. The molecule has 0 fully saturated rings. The van der Waals surface area contributed by atoms with Gasteiger partial charge in [0.1, 0.15) is 0 Å². The Balaban J connectivity index is 0.000000722. The van der Waals surface area contributed by atoms with Gasteiger partial charge < -0.3 is 22.5 Å². The van der Waals surface area contributed by atoms with E-state index in [1.165, 1.54) is 21.9 Å². The van der Waals surface area contributed by atoms with Crippen molar-refractivity contribution in [1.29, 1.82) is 0 Å². The molecule has 0 bridgehead atoms. The van der Waals surface area contributed by atoms with E-state index in [1.807, 2.05) is 6.07 Å². The maximum atomic E-state index is 2.22. The Morgan fingerprint density at radius 3 is 2.59 bits per heavy atom. The summed E-state index contributed by atoms with van der Waals surface area (Å²) in [6.07, 6.45) is 4.25. The largest absolute Gasteiger partial charge is 1.00 e. The van der Waals surface area contributed by atoms with Gasteiger partial charge in [-0.15, -0.1) is 0 Å². The Hall–Kier alpha value is -1.45. The van der Waals surface area contributed by atoms with Gasteiger partial charge in [-0.2, -0.15) is 4.40 Å². The molecule has 1 aromatic carbocycles. The number of fused-ring (bicyclic) bond motifs is 2. The summed E-state index contributed by atoms with van der Waals surface area (Å²) in [5.41, 5.74) is 2.54. The Morgan fingerprint density at radius 1 is 0.941 bits per heavy atom. The van der Waals surface area contributed by atoms with Crippen molar-refractivity contribution in [3.8, 4) is 0 Å². The summed E-state index contributed by atoms with van der Waals surface area (Å²) in [6.45, 7) is 2.13. The van der Waals surface area contributed by atoms with E-state index in [9.17, 15) is 0 Å². The molecule has 0 saturated carbocycles. The summed E-state index contributed by atoms with van der Waals surface area (Å²) in [4.78, 5) is 0. The molecule has 2 N–H and O–H groups in total. The van der Waals surface area contributed by atoms with Gasteiger partial charge >= 0.3 is 0 Å². The fourth-order valence-corrected chi connectivity index (χ4v) is 1.95. The molecule has 3 heteroatoms. The average Bonchev–Trinajstić information content (AvgIpc) is 2.26. The van der Waals surface area contributed by atoms with Gasteiger partial charge in [0.2, 0.25) is 5.52 Å². The van der Waals surface area contributed by atoms with Crippen LogP contribution in [0.3, 0.4) is 0 Å².